The van der Waals surface area contributed by atoms with Crippen molar-refractivity contribution in [1.82, 2.24) is 10.0 Å². The van der Waals surface area contributed by atoms with Gasteiger partial charge in [-0.15, -0.1) is 0 Å². The van der Waals surface area contributed by atoms with E-state index in [1.54, 1.807) is 0 Å². The van der Waals surface area contributed by atoms with E-state index in [2.05, 4.69) is 23.9 Å². The van der Waals surface area contributed by atoms with Crippen LogP contribution in [0.3, 0.4) is 0 Å². The molecule has 0 saturated heterocycles. The number of sulfonamides is 1. The lowest BCUT2D eigenvalue weighted by Crippen LogP contribution is -2.38. The van der Waals surface area contributed by atoms with Crippen molar-refractivity contribution in [1.29, 1.82) is 0 Å². The minimum atomic E-state index is -3.14. The third kappa shape index (κ3) is 11.0. The summed E-state index contributed by atoms with van der Waals surface area (Å²) in [4.78, 5) is 0. The standard InChI is InChI=1S/C13H30N2O2S/c1-11(2)7-6-8-13(5)15-18(16,17)10-9-14-12(3)4/h11-15H,6-10H2,1-5H3. The van der Waals surface area contributed by atoms with Crippen LogP contribution < -0.4 is 10.0 Å². The van der Waals surface area contributed by atoms with Crippen LogP contribution in [0.5, 0.6) is 0 Å². The molecule has 0 heterocycles. The molecule has 0 aliphatic rings. The number of hydrogen-bond acceptors (Lipinski definition) is 3. The van der Waals surface area contributed by atoms with Gasteiger partial charge in [0.1, 0.15) is 0 Å². The second kappa shape index (κ2) is 8.88. The Balaban J connectivity index is 3.85. The molecular weight excluding hydrogens is 248 g/mol. The van der Waals surface area contributed by atoms with Crippen LogP contribution in [0.15, 0.2) is 0 Å². The average molecular weight is 278 g/mol. The monoisotopic (exact) mass is 278 g/mol. The molecule has 18 heavy (non-hydrogen) atoms. The van der Waals surface area contributed by atoms with E-state index in [0.29, 0.717) is 18.5 Å². The van der Waals surface area contributed by atoms with Crippen LogP contribution in [0, 0.1) is 5.92 Å². The van der Waals surface area contributed by atoms with Gasteiger partial charge in [0.05, 0.1) is 5.75 Å². The quantitative estimate of drug-likeness (QED) is 0.643. The van der Waals surface area contributed by atoms with Crippen molar-refractivity contribution in [2.24, 2.45) is 5.92 Å². The second-order valence-corrected chi connectivity index (χ2v) is 7.64. The molecule has 5 heteroatoms. The zero-order chi connectivity index (χ0) is 14.2. The maximum atomic E-state index is 11.8. The van der Waals surface area contributed by atoms with Gasteiger partial charge in [0.2, 0.25) is 10.0 Å². The minimum Gasteiger partial charge on any atom is -0.313 e. The Morgan fingerprint density at radius 1 is 1.00 bits per heavy atom. The number of hydrogen-bond donors (Lipinski definition) is 2. The fraction of sp³-hybridized carbons (Fsp3) is 1.00. The third-order valence-corrected chi connectivity index (χ3v) is 4.23. The van der Waals surface area contributed by atoms with Crippen molar-refractivity contribution in [2.45, 2.75) is 66.0 Å². The smallest absolute Gasteiger partial charge is 0.213 e. The summed E-state index contributed by atoms with van der Waals surface area (Å²) >= 11 is 0. The van der Waals surface area contributed by atoms with Crippen LogP contribution in [0.25, 0.3) is 0 Å². The molecule has 0 aromatic carbocycles. The summed E-state index contributed by atoms with van der Waals surface area (Å²) in [5.74, 6) is 0.837. The summed E-state index contributed by atoms with van der Waals surface area (Å²) < 4.78 is 26.3. The fourth-order valence-electron chi connectivity index (χ4n) is 1.74. The highest BCUT2D eigenvalue weighted by Crippen LogP contribution is 2.08. The molecule has 1 atom stereocenters. The van der Waals surface area contributed by atoms with Crippen LogP contribution in [0.2, 0.25) is 0 Å². The predicted molar refractivity (Wildman–Crippen MR) is 78.2 cm³/mol. The van der Waals surface area contributed by atoms with E-state index in [1.165, 1.54) is 0 Å². The first-order valence-electron chi connectivity index (χ1n) is 6.96. The Morgan fingerprint density at radius 3 is 2.11 bits per heavy atom. The Morgan fingerprint density at radius 2 is 1.61 bits per heavy atom. The normalized spacial score (nSPS) is 14.4. The van der Waals surface area contributed by atoms with E-state index in [4.69, 9.17) is 0 Å². The highest BCUT2D eigenvalue weighted by molar-refractivity contribution is 7.89. The van der Waals surface area contributed by atoms with E-state index in [9.17, 15) is 8.42 Å². The van der Waals surface area contributed by atoms with Gasteiger partial charge in [0.25, 0.3) is 0 Å². The Kier molecular flexibility index (Phi) is 8.82. The van der Waals surface area contributed by atoms with Crippen LogP contribution in [-0.2, 0) is 10.0 Å². The molecule has 0 rings (SSSR count). The zero-order valence-corrected chi connectivity index (χ0v) is 13.3. The van der Waals surface area contributed by atoms with E-state index in [-0.39, 0.29) is 11.8 Å². The van der Waals surface area contributed by atoms with Gasteiger partial charge in [-0.05, 0) is 19.3 Å². The lowest BCUT2D eigenvalue weighted by atomic mass is 10.0. The highest BCUT2D eigenvalue weighted by Gasteiger charge is 2.14. The largest absolute Gasteiger partial charge is 0.313 e. The molecule has 0 saturated carbocycles. The molecule has 0 aromatic rings. The summed E-state index contributed by atoms with van der Waals surface area (Å²) in [5.41, 5.74) is 0. The molecule has 0 aromatic heterocycles. The van der Waals surface area contributed by atoms with Crippen LogP contribution in [-0.4, -0.2) is 32.8 Å². The van der Waals surface area contributed by atoms with Crippen molar-refractivity contribution < 1.29 is 8.42 Å². The molecule has 0 aliphatic heterocycles. The molecule has 2 N–H and O–H groups in total. The third-order valence-electron chi connectivity index (χ3n) is 2.72. The van der Waals surface area contributed by atoms with Crippen LogP contribution in [0.1, 0.15) is 53.9 Å². The number of rotatable bonds is 10. The van der Waals surface area contributed by atoms with Gasteiger partial charge >= 0.3 is 0 Å². The van der Waals surface area contributed by atoms with Crippen molar-refractivity contribution in [3.8, 4) is 0 Å². The van der Waals surface area contributed by atoms with Crippen molar-refractivity contribution in [3.63, 3.8) is 0 Å². The Hall–Kier alpha value is -0.130. The molecule has 0 bridgehead atoms. The molecule has 0 spiro atoms. The lowest BCUT2D eigenvalue weighted by Gasteiger charge is -2.15. The van der Waals surface area contributed by atoms with E-state index in [1.807, 2.05) is 20.8 Å². The topological polar surface area (TPSA) is 58.2 Å². The Bertz CT molecular complexity index is 300. The van der Waals surface area contributed by atoms with E-state index < -0.39 is 10.0 Å². The first kappa shape index (κ1) is 17.9. The van der Waals surface area contributed by atoms with E-state index >= 15 is 0 Å². The van der Waals surface area contributed by atoms with Crippen molar-refractivity contribution in [2.75, 3.05) is 12.3 Å². The molecular formula is C13H30N2O2S. The predicted octanol–water partition coefficient (Wildman–Crippen LogP) is 2.12. The number of nitrogens with one attached hydrogen (secondary N) is 2. The van der Waals surface area contributed by atoms with Gasteiger partial charge in [-0.1, -0.05) is 40.5 Å². The highest BCUT2D eigenvalue weighted by atomic mass is 32.2. The lowest BCUT2D eigenvalue weighted by molar-refractivity contribution is 0.487. The van der Waals surface area contributed by atoms with Gasteiger partial charge in [-0.25, -0.2) is 13.1 Å². The first-order valence-corrected chi connectivity index (χ1v) is 8.61. The van der Waals surface area contributed by atoms with Gasteiger partial charge in [-0.3, -0.25) is 0 Å². The minimum absolute atomic E-state index is 0.0350. The molecule has 1 unspecified atom stereocenters. The molecule has 0 amide bonds. The SMILES string of the molecule is CC(C)CCCC(C)NS(=O)(=O)CCNC(C)C. The average Bonchev–Trinajstić information content (AvgIpc) is 2.14. The molecule has 110 valence electrons. The van der Waals surface area contributed by atoms with Crippen LogP contribution >= 0.6 is 0 Å². The van der Waals surface area contributed by atoms with Gasteiger partial charge < -0.3 is 5.32 Å². The van der Waals surface area contributed by atoms with Gasteiger partial charge in [0, 0.05) is 18.6 Å². The van der Waals surface area contributed by atoms with Crippen molar-refractivity contribution >= 4 is 10.0 Å². The maximum Gasteiger partial charge on any atom is 0.213 e. The van der Waals surface area contributed by atoms with Gasteiger partial charge in [-0.2, -0.15) is 0 Å². The second-order valence-electron chi connectivity index (χ2n) is 5.77. The summed E-state index contributed by atoms with van der Waals surface area (Å²) in [6.07, 6.45) is 3.14. The molecule has 4 nitrogen and oxygen atoms in total. The molecule has 0 radical (unpaired) electrons. The Labute approximate surface area is 113 Å². The first-order chi connectivity index (χ1) is 8.23. The summed E-state index contributed by atoms with van der Waals surface area (Å²) in [6.45, 7) is 10.8. The van der Waals surface area contributed by atoms with E-state index in [0.717, 1.165) is 19.3 Å². The summed E-state index contributed by atoms with van der Waals surface area (Å²) in [5, 5.41) is 3.11. The summed E-state index contributed by atoms with van der Waals surface area (Å²) in [6, 6.07) is 0.358. The maximum absolute atomic E-state index is 11.8. The summed E-state index contributed by atoms with van der Waals surface area (Å²) in [7, 11) is -3.14. The van der Waals surface area contributed by atoms with Crippen LogP contribution in [0.4, 0.5) is 0 Å². The fourth-order valence-corrected chi connectivity index (χ4v) is 2.97. The molecule has 0 aliphatic carbocycles. The zero-order valence-electron chi connectivity index (χ0n) is 12.5. The molecule has 0 fully saturated rings. The van der Waals surface area contributed by atoms with Crippen molar-refractivity contribution in [3.05, 3.63) is 0 Å². The van der Waals surface area contributed by atoms with Gasteiger partial charge in [0.15, 0.2) is 0 Å².